The molecule has 2 atom stereocenters. The monoisotopic (exact) mass is 356 g/mol. The lowest BCUT2D eigenvalue weighted by molar-refractivity contribution is -0.128. The van der Waals surface area contributed by atoms with Gasteiger partial charge in [0.05, 0.1) is 17.5 Å². The van der Waals surface area contributed by atoms with Crippen molar-refractivity contribution in [3.8, 4) is 0 Å². The highest BCUT2D eigenvalue weighted by Crippen LogP contribution is 2.42. The van der Waals surface area contributed by atoms with Crippen LogP contribution in [0.25, 0.3) is 0 Å². The molecule has 0 bridgehead atoms. The molecule has 1 amide bonds. The topological polar surface area (TPSA) is 66.5 Å². The summed E-state index contributed by atoms with van der Waals surface area (Å²) < 4.78 is 23.1. The highest BCUT2D eigenvalue weighted by Gasteiger charge is 2.39. The lowest BCUT2D eigenvalue weighted by atomic mass is 9.73. The number of hydrogen-bond acceptors (Lipinski definition) is 4. The second-order valence-electron chi connectivity index (χ2n) is 8.27. The van der Waals surface area contributed by atoms with Gasteiger partial charge in [0, 0.05) is 12.6 Å². The van der Waals surface area contributed by atoms with Gasteiger partial charge >= 0.3 is 0 Å². The van der Waals surface area contributed by atoms with E-state index < -0.39 is 9.84 Å². The summed E-state index contributed by atoms with van der Waals surface area (Å²) in [6.07, 6.45) is 11.0. The van der Waals surface area contributed by atoms with Gasteiger partial charge in [-0.15, -0.1) is 0 Å². The summed E-state index contributed by atoms with van der Waals surface area (Å²) >= 11 is 0. The minimum Gasteiger partial charge on any atom is -0.351 e. The van der Waals surface area contributed by atoms with E-state index in [1.54, 1.807) is 0 Å². The first-order valence-corrected chi connectivity index (χ1v) is 11.5. The number of piperidine rings is 1. The first-order chi connectivity index (χ1) is 11.4. The summed E-state index contributed by atoms with van der Waals surface area (Å²) in [5.74, 6) is 0.317. The fourth-order valence-electron chi connectivity index (χ4n) is 4.86. The minimum atomic E-state index is -2.95. The van der Waals surface area contributed by atoms with Crippen LogP contribution >= 0.6 is 0 Å². The van der Waals surface area contributed by atoms with Crippen LogP contribution in [-0.2, 0) is 14.6 Å². The molecule has 1 N–H and O–H groups in total. The number of hydrogen-bond donors (Lipinski definition) is 1. The molecule has 0 aromatic rings. The summed E-state index contributed by atoms with van der Waals surface area (Å²) in [6, 6.07) is -0.352. The van der Waals surface area contributed by atoms with Gasteiger partial charge in [0.2, 0.25) is 5.91 Å². The summed E-state index contributed by atoms with van der Waals surface area (Å²) in [7, 11) is -2.95. The number of nitrogens with zero attached hydrogens (tertiary/aromatic N) is 1. The Kier molecular flexibility index (Phi) is 5.55. The SMILES string of the molecule is C[C@H](C(=O)N[C@H]1CCS(=O)(=O)C1)N1CCCC2(CCCCCC2)C1. The molecule has 3 aliphatic rings. The molecule has 5 nitrogen and oxygen atoms in total. The molecule has 2 saturated heterocycles. The Labute approximate surface area is 146 Å². The third-order valence-corrected chi connectivity index (χ3v) is 8.13. The fourth-order valence-corrected chi connectivity index (χ4v) is 6.53. The van der Waals surface area contributed by atoms with Crippen molar-refractivity contribution in [2.24, 2.45) is 5.41 Å². The van der Waals surface area contributed by atoms with Crippen LogP contribution in [0.5, 0.6) is 0 Å². The van der Waals surface area contributed by atoms with Gasteiger partial charge in [0.15, 0.2) is 9.84 Å². The highest BCUT2D eigenvalue weighted by atomic mass is 32.2. The largest absolute Gasteiger partial charge is 0.351 e. The molecule has 2 aliphatic heterocycles. The first-order valence-electron chi connectivity index (χ1n) is 9.64. The molecular weight excluding hydrogens is 324 g/mol. The van der Waals surface area contributed by atoms with Crippen molar-refractivity contribution in [1.29, 1.82) is 0 Å². The van der Waals surface area contributed by atoms with Gasteiger partial charge < -0.3 is 5.32 Å². The second kappa shape index (κ2) is 7.32. The van der Waals surface area contributed by atoms with Crippen LogP contribution in [0.1, 0.15) is 64.7 Å². The van der Waals surface area contributed by atoms with Crippen LogP contribution in [0.2, 0.25) is 0 Å². The molecule has 138 valence electrons. The fraction of sp³-hybridized carbons (Fsp3) is 0.944. The van der Waals surface area contributed by atoms with E-state index in [9.17, 15) is 13.2 Å². The van der Waals surface area contributed by atoms with Crippen molar-refractivity contribution >= 4 is 15.7 Å². The van der Waals surface area contributed by atoms with Crippen LogP contribution in [0.4, 0.5) is 0 Å². The molecule has 0 unspecified atom stereocenters. The average Bonchev–Trinajstić information content (AvgIpc) is 2.74. The Morgan fingerprint density at radius 1 is 1.12 bits per heavy atom. The molecule has 1 aliphatic carbocycles. The Morgan fingerprint density at radius 2 is 1.79 bits per heavy atom. The molecular formula is C18H32N2O3S. The Bertz CT molecular complexity index is 553. The minimum absolute atomic E-state index is 0.00257. The van der Waals surface area contributed by atoms with Crippen molar-refractivity contribution in [3.05, 3.63) is 0 Å². The van der Waals surface area contributed by atoms with E-state index in [4.69, 9.17) is 0 Å². The van der Waals surface area contributed by atoms with E-state index in [0.29, 0.717) is 11.8 Å². The predicted molar refractivity (Wildman–Crippen MR) is 95.6 cm³/mol. The van der Waals surface area contributed by atoms with Crippen molar-refractivity contribution in [2.45, 2.75) is 76.8 Å². The molecule has 1 saturated carbocycles. The maximum absolute atomic E-state index is 12.6. The molecule has 0 aromatic heterocycles. The van der Waals surface area contributed by atoms with Crippen LogP contribution in [-0.4, -0.2) is 55.9 Å². The smallest absolute Gasteiger partial charge is 0.237 e. The van der Waals surface area contributed by atoms with Crippen molar-refractivity contribution < 1.29 is 13.2 Å². The number of rotatable bonds is 3. The number of carbonyl (C=O) groups excluding carboxylic acids is 1. The lowest BCUT2D eigenvalue weighted by Gasteiger charge is -2.44. The summed E-state index contributed by atoms with van der Waals surface area (Å²) in [6.45, 7) is 4.00. The maximum atomic E-state index is 12.6. The molecule has 0 aromatic carbocycles. The van der Waals surface area contributed by atoms with E-state index in [1.807, 2.05) is 6.92 Å². The van der Waals surface area contributed by atoms with Gasteiger partial charge in [-0.3, -0.25) is 9.69 Å². The quantitative estimate of drug-likeness (QED) is 0.841. The number of amides is 1. The van der Waals surface area contributed by atoms with Gasteiger partial charge in [0.25, 0.3) is 0 Å². The molecule has 6 heteroatoms. The number of likely N-dealkylation sites (tertiary alicyclic amines) is 1. The summed E-state index contributed by atoms with van der Waals surface area (Å²) in [5.41, 5.74) is 0.417. The molecule has 0 radical (unpaired) electrons. The normalized spacial score (nSPS) is 31.5. The third-order valence-electron chi connectivity index (χ3n) is 6.36. The van der Waals surface area contributed by atoms with Crippen LogP contribution < -0.4 is 5.32 Å². The summed E-state index contributed by atoms with van der Waals surface area (Å²) in [4.78, 5) is 14.9. The van der Waals surface area contributed by atoms with Gasteiger partial charge in [-0.1, -0.05) is 25.7 Å². The zero-order chi connectivity index (χ0) is 17.2. The van der Waals surface area contributed by atoms with E-state index in [2.05, 4.69) is 10.2 Å². The number of nitrogens with one attached hydrogen (secondary N) is 1. The molecule has 2 heterocycles. The van der Waals surface area contributed by atoms with Gasteiger partial charge in [0.1, 0.15) is 0 Å². The third kappa shape index (κ3) is 4.31. The van der Waals surface area contributed by atoms with Crippen LogP contribution in [0.15, 0.2) is 0 Å². The van der Waals surface area contributed by atoms with E-state index in [-0.39, 0.29) is 29.5 Å². The highest BCUT2D eigenvalue weighted by molar-refractivity contribution is 7.91. The molecule has 3 rings (SSSR count). The Balaban J connectivity index is 1.57. The van der Waals surface area contributed by atoms with Crippen molar-refractivity contribution in [2.75, 3.05) is 24.6 Å². The first kappa shape index (κ1) is 18.2. The average molecular weight is 357 g/mol. The molecule has 3 fully saturated rings. The van der Waals surface area contributed by atoms with Gasteiger partial charge in [-0.2, -0.15) is 0 Å². The lowest BCUT2D eigenvalue weighted by Crippen LogP contribution is -2.53. The zero-order valence-corrected chi connectivity index (χ0v) is 15.7. The van der Waals surface area contributed by atoms with E-state index >= 15 is 0 Å². The van der Waals surface area contributed by atoms with Crippen molar-refractivity contribution in [3.63, 3.8) is 0 Å². The molecule has 1 spiro atoms. The standard InChI is InChI=1S/C18H32N2O3S/c1-15(17(21)19-16-7-12-24(22,23)13-16)20-11-6-10-18(14-20)8-4-2-3-5-9-18/h15-16H,2-14H2,1H3,(H,19,21)/t15-,16+/m1/s1. The van der Waals surface area contributed by atoms with Gasteiger partial charge in [-0.05, 0) is 51.0 Å². The number of carbonyl (C=O) groups is 1. The van der Waals surface area contributed by atoms with Crippen LogP contribution in [0, 0.1) is 5.41 Å². The predicted octanol–water partition coefficient (Wildman–Crippen LogP) is 2.11. The van der Waals surface area contributed by atoms with Crippen molar-refractivity contribution in [1.82, 2.24) is 10.2 Å². The van der Waals surface area contributed by atoms with Crippen LogP contribution in [0.3, 0.4) is 0 Å². The summed E-state index contributed by atoms with van der Waals surface area (Å²) in [5, 5.41) is 2.98. The zero-order valence-electron chi connectivity index (χ0n) is 14.9. The maximum Gasteiger partial charge on any atom is 0.237 e. The second-order valence-corrected chi connectivity index (χ2v) is 10.5. The number of sulfone groups is 1. The van der Waals surface area contributed by atoms with E-state index in [1.165, 1.54) is 51.4 Å². The van der Waals surface area contributed by atoms with Gasteiger partial charge in [-0.25, -0.2) is 8.42 Å². The Morgan fingerprint density at radius 3 is 2.42 bits per heavy atom. The Hall–Kier alpha value is -0.620. The molecule has 24 heavy (non-hydrogen) atoms. The van der Waals surface area contributed by atoms with E-state index in [0.717, 1.165) is 13.1 Å².